The van der Waals surface area contributed by atoms with Crippen LogP contribution in [-0.2, 0) is 6.42 Å². The van der Waals surface area contributed by atoms with Gasteiger partial charge < -0.3 is 9.15 Å². The van der Waals surface area contributed by atoms with E-state index in [0.717, 1.165) is 19.3 Å². The topological polar surface area (TPSA) is 22.4 Å². The second-order valence-corrected chi connectivity index (χ2v) is 7.36. The Hall–Kier alpha value is -2.95. The van der Waals surface area contributed by atoms with Gasteiger partial charge in [0.15, 0.2) is 11.3 Å². The van der Waals surface area contributed by atoms with E-state index in [9.17, 15) is 13.2 Å². The summed E-state index contributed by atoms with van der Waals surface area (Å²) in [6.07, 6.45) is 3.78. The molecule has 0 aliphatic rings. The lowest BCUT2D eigenvalue weighted by Gasteiger charge is -2.07. The lowest BCUT2D eigenvalue weighted by molar-refractivity contribution is 0.314. The minimum atomic E-state index is -1.09. The number of rotatable bonds is 7. The largest absolute Gasteiger partial charge is 0.491 e. The molecule has 0 spiro atoms. The van der Waals surface area contributed by atoms with Crippen LogP contribution in [0, 0.1) is 17.5 Å². The maximum atomic E-state index is 14.7. The van der Waals surface area contributed by atoms with Crippen molar-refractivity contribution in [3.05, 3.63) is 65.5 Å². The van der Waals surface area contributed by atoms with Crippen LogP contribution in [0.15, 0.2) is 46.9 Å². The van der Waals surface area contributed by atoms with Crippen molar-refractivity contribution in [2.75, 3.05) is 6.61 Å². The average molecular weight is 412 g/mol. The summed E-state index contributed by atoms with van der Waals surface area (Å²) < 4.78 is 54.5. The van der Waals surface area contributed by atoms with Crippen LogP contribution < -0.4 is 4.74 Å². The molecule has 30 heavy (non-hydrogen) atoms. The summed E-state index contributed by atoms with van der Waals surface area (Å²) in [6.45, 7) is 4.03. The lowest BCUT2D eigenvalue weighted by atomic mass is 9.99. The molecule has 0 saturated carbocycles. The van der Waals surface area contributed by atoms with E-state index in [2.05, 4.69) is 6.92 Å². The van der Waals surface area contributed by atoms with Crippen molar-refractivity contribution in [2.24, 2.45) is 0 Å². The van der Waals surface area contributed by atoms with Gasteiger partial charge in [-0.15, -0.1) is 0 Å². The van der Waals surface area contributed by atoms with Gasteiger partial charge in [-0.3, -0.25) is 0 Å². The standard InChI is InChI=1S/C25H23F3O2/c1-3-5-6-8-15-11-12-16(13-20(15)26)17-9-7-10-18-19-14-21(29-4-2)22(27)23(28)25(19)30-24(17)18/h7,9-14H,3-6,8H2,1-2H3. The highest BCUT2D eigenvalue weighted by atomic mass is 19.2. The maximum absolute atomic E-state index is 14.7. The van der Waals surface area contributed by atoms with Crippen molar-refractivity contribution < 1.29 is 22.3 Å². The molecule has 4 aromatic rings. The fourth-order valence-corrected chi connectivity index (χ4v) is 3.82. The number of fused-ring (bicyclic) bond motifs is 3. The van der Waals surface area contributed by atoms with E-state index in [1.54, 1.807) is 31.2 Å². The van der Waals surface area contributed by atoms with Crippen LogP contribution in [0.3, 0.4) is 0 Å². The van der Waals surface area contributed by atoms with Gasteiger partial charge in [-0.1, -0.05) is 50.1 Å². The highest BCUT2D eigenvalue weighted by molar-refractivity contribution is 6.10. The predicted molar refractivity (Wildman–Crippen MR) is 113 cm³/mol. The predicted octanol–water partition coefficient (Wildman–Crippen LogP) is 7.80. The minimum Gasteiger partial charge on any atom is -0.491 e. The monoisotopic (exact) mass is 412 g/mol. The molecule has 0 N–H and O–H groups in total. The molecule has 4 rings (SSSR count). The van der Waals surface area contributed by atoms with Crippen LogP contribution in [0.2, 0.25) is 0 Å². The molecule has 2 nitrogen and oxygen atoms in total. The molecule has 0 unspecified atom stereocenters. The number of ether oxygens (including phenoxy) is 1. The number of hydrogen-bond donors (Lipinski definition) is 0. The summed E-state index contributed by atoms with van der Waals surface area (Å²) >= 11 is 0. The Kier molecular flexibility index (Phi) is 5.71. The summed E-state index contributed by atoms with van der Waals surface area (Å²) in [7, 11) is 0. The van der Waals surface area contributed by atoms with Crippen LogP contribution >= 0.6 is 0 Å². The molecule has 156 valence electrons. The Morgan fingerprint density at radius 3 is 2.43 bits per heavy atom. The van der Waals surface area contributed by atoms with Crippen LogP contribution in [0.4, 0.5) is 13.2 Å². The third-order valence-electron chi connectivity index (χ3n) is 5.35. The summed E-state index contributed by atoms with van der Waals surface area (Å²) in [6, 6.07) is 11.9. The third kappa shape index (κ3) is 3.53. The van der Waals surface area contributed by atoms with Gasteiger partial charge in [-0.05, 0) is 43.0 Å². The van der Waals surface area contributed by atoms with E-state index in [0.29, 0.717) is 39.5 Å². The molecule has 1 heterocycles. The zero-order chi connectivity index (χ0) is 21.3. The maximum Gasteiger partial charge on any atom is 0.205 e. The van der Waals surface area contributed by atoms with Gasteiger partial charge in [0.05, 0.1) is 6.61 Å². The Balaban J connectivity index is 1.83. The summed E-state index contributed by atoms with van der Waals surface area (Å²) in [5.74, 6) is -2.59. The van der Waals surface area contributed by atoms with Gasteiger partial charge >= 0.3 is 0 Å². The van der Waals surface area contributed by atoms with Gasteiger partial charge in [-0.25, -0.2) is 4.39 Å². The van der Waals surface area contributed by atoms with Gasteiger partial charge in [0.2, 0.25) is 11.6 Å². The van der Waals surface area contributed by atoms with Gasteiger partial charge in [0, 0.05) is 16.3 Å². The van der Waals surface area contributed by atoms with Crippen LogP contribution in [0.25, 0.3) is 33.1 Å². The summed E-state index contributed by atoms with van der Waals surface area (Å²) in [5.41, 5.74) is 2.15. The SMILES string of the molecule is CCCCCc1ccc(-c2cccc3c2oc2c(F)c(F)c(OCC)cc23)cc1F. The van der Waals surface area contributed by atoms with E-state index in [1.807, 2.05) is 6.07 Å². The van der Waals surface area contributed by atoms with Gasteiger partial charge in [0.1, 0.15) is 11.4 Å². The lowest BCUT2D eigenvalue weighted by Crippen LogP contribution is -1.97. The molecule has 0 bridgehead atoms. The van der Waals surface area contributed by atoms with Crippen molar-refractivity contribution in [1.29, 1.82) is 0 Å². The van der Waals surface area contributed by atoms with Crippen molar-refractivity contribution >= 4 is 21.9 Å². The molecular weight excluding hydrogens is 389 g/mol. The van der Waals surface area contributed by atoms with E-state index in [4.69, 9.17) is 9.15 Å². The highest BCUT2D eigenvalue weighted by Gasteiger charge is 2.21. The molecule has 1 aromatic heterocycles. The number of aryl methyl sites for hydroxylation is 1. The first-order chi connectivity index (χ1) is 14.5. The molecule has 0 aliphatic carbocycles. The van der Waals surface area contributed by atoms with Gasteiger partial charge in [-0.2, -0.15) is 8.78 Å². The fourth-order valence-electron chi connectivity index (χ4n) is 3.82. The van der Waals surface area contributed by atoms with Gasteiger partial charge in [0.25, 0.3) is 0 Å². The zero-order valence-electron chi connectivity index (χ0n) is 17.0. The smallest absolute Gasteiger partial charge is 0.205 e. The Morgan fingerprint density at radius 2 is 1.70 bits per heavy atom. The molecule has 0 fully saturated rings. The molecule has 3 aromatic carbocycles. The quantitative estimate of drug-likeness (QED) is 0.289. The number of para-hydroxylation sites is 1. The van der Waals surface area contributed by atoms with E-state index in [1.165, 1.54) is 12.1 Å². The molecule has 0 saturated heterocycles. The normalized spacial score (nSPS) is 11.5. The van der Waals surface area contributed by atoms with E-state index in [-0.39, 0.29) is 23.8 Å². The van der Waals surface area contributed by atoms with Crippen LogP contribution in [0.5, 0.6) is 5.75 Å². The Bertz CT molecular complexity index is 1210. The van der Waals surface area contributed by atoms with Crippen molar-refractivity contribution in [2.45, 2.75) is 39.5 Å². The van der Waals surface area contributed by atoms with E-state index >= 15 is 0 Å². The highest BCUT2D eigenvalue weighted by Crippen LogP contribution is 2.40. The molecule has 0 aliphatic heterocycles. The van der Waals surface area contributed by atoms with Crippen molar-refractivity contribution in [3.8, 4) is 16.9 Å². The minimum absolute atomic E-state index is 0.155. The Labute approximate surface area is 173 Å². The molecule has 0 atom stereocenters. The van der Waals surface area contributed by atoms with Crippen LogP contribution in [-0.4, -0.2) is 6.61 Å². The van der Waals surface area contributed by atoms with E-state index < -0.39 is 11.6 Å². The molecule has 0 radical (unpaired) electrons. The zero-order valence-corrected chi connectivity index (χ0v) is 17.0. The first-order valence-corrected chi connectivity index (χ1v) is 10.3. The average Bonchev–Trinajstić information content (AvgIpc) is 3.12. The first kappa shape index (κ1) is 20.3. The number of hydrogen-bond acceptors (Lipinski definition) is 2. The molecular formula is C25H23F3O2. The first-order valence-electron chi connectivity index (χ1n) is 10.3. The molecule has 0 amide bonds. The summed E-state index contributed by atoms with van der Waals surface area (Å²) in [4.78, 5) is 0. The number of benzene rings is 3. The number of halogens is 3. The number of furan rings is 1. The van der Waals surface area contributed by atoms with Crippen molar-refractivity contribution in [1.82, 2.24) is 0 Å². The second-order valence-electron chi connectivity index (χ2n) is 7.36. The molecule has 5 heteroatoms. The number of unbranched alkanes of at least 4 members (excludes halogenated alkanes) is 2. The second kappa shape index (κ2) is 8.42. The summed E-state index contributed by atoms with van der Waals surface area (Å²) in [5, 5.41) is 1.04. The fraction of sp³-hybridized carbons (Fsp3) is 0.280. The third-order valence-corrected chi connectivity index (χ3v) is 5.35. The van der Waals surface area contributed by atoms with Crippen molar-refractivity contribution in [3.63, 3.8) is 0 Å². The Morgan fingerprint density at radius 1 is 0.867 bits per heavy atom. The van der Waals surface area contributed by atoms with Crippen LogP contribution in [0.1, 0.15) is 38.7 Å².